The largest absolute Gasteiger partial charge is 0.346 e. The van der Waals surface area contributed by atoms with Crippen molar-refractivity contribution in [3.05, 3.63) is 22.7 Å². The highest BCUT2D eigenvalue weighted by molar-refractivity contribution is 7.14. The summed E-state index contributed by atoms with van der Waals surface area (Å²) in [6.45, 7) is 6.41. The van der Waals surface area contributed by atoms with Gasteiger partial charge in [0.05, 0.1) is 5.69 Å². The second-order valence-electron chi connectivity index (χ2n) is 5.28. The van der Waals surface area contributed by atoms with Crippen LogP contribution in [-0.4, -0.2) is 54.0 Å². The van der Waals surface area contributed by atoms with Gasteiger partial charge in [0.15, 0.2) is 10.3 Å². The number of carbonyl (C=O) groups excluding carboxylic acids is 1. The van der Waals surface area contributed by atoms with E-state index in [1.54, 1.807) is 30.2 Å². The van der Waals surface area contributed by atoms with Gasteiger partial charge >= 0.3 is 0 Å². The third-order valence-corrected chi connectivity index (χ3v) is 5.54. The number of nitrogens with zero attached hydrogens (tertiary/aromatic N) is 5. The predicted molar refractivity (Wildman–Crippen MR) is 90.8 cm³/mol. The maximum Gasteiger partial charge on any atom is 0.225 e. The van der Waals surface area contributed by atoms with Crippen LogP contribution in [0.15, 0.2) is 17.0 Å². The minimum absolute atomic E-state index is 0.0120. The summed E-state index contributed by atoms with van der Waals surface area (Å²) in [7, 11) is 1.76. The average molecular weight is 337 g/mol. The van der Waals surface area contributed by atoms with Crippen LogP contribution in [-0.2, 0) is 11.3 Å². The van der Waals surface area contributed by atoms with Crippen LogP contribution in [0, 0.1) is 0 Å². The van der Waals surface area contributed by atoms with E-state index in [2.05, 4.69) is 19.8 Å². The number of hydrogen-bond donors (Lipinski definition) is 0. The van der Waals surface area contributed by atoms with Crippen LogP contribution in [0.1, 0.15) is 12.6 Å². The Balaban J connectivity index is 1.54. The fourth-order valence-corrected chi connectivity index (χ4v) is 3.88. The minimum atomic E-state index is 0.0120. The molecule has 0 aliphatic carbocycles. The van der Waals surface area contributed by atoms with Crippen molar-refractivity contribution in [3.63, 3.8) is 0 Å². The maximum atomic E-state index is 11.4. The van der Waals surface area contributed by atoms with Crippen molar-refractivity contribution in [2.24, 2.45) is 0 Å². The van der Waals surface area contributed by atoms with Crippen LogP contribution in [0.25, 0.3) is 0 Å². The Morgan fingerprint density at radius 1 is 1.32 bits per heavy atom. The van der Waals surface area contributed by atoms with E-state index < -0.39 is 0 Å². The first-order chi connectivity index (χ1) is 10.6. The van der Waals surface area contributed by atoms with E-state index in [9.17, 15) is 4.79 Å². The molecule has 1 aliphatic heterocycles. The summed E-state index contributed by atoms with van der Waals surface area (Å²) in [6.07, 6.45) is 1.86. The van der Waals surface area contributed by atoms with Gasteiger partial charge < -0.3 is 4.90 Å². The summed E-state index contributed by atoms with van der Waals surface area (Å²) in [5.74, 6) is 0.0120. The summed E-state index contributed by atoms with van der Waals surface area (Å²) >= 11 is 3.21. The van der Waals surface area contributed by atoms with Gasteiger partial charge in [-0.1, -0.05) is 0 Å². The summed E-state index contributed by atoms with van der Waals surface area (Å²) in [4.78, 5) is 26.6. The molecule has 2 aromatic heterocycles. The van der Waals surface area contributed by atoms with E-state index >= 15 is 0 Å². The van der Waals surface area contributed by atoms with Crippen LogP contribution in [0.5, 0.6) is 0 Å². The van der Waals surface area contributed by atoms with Crippen LogP contribution < -0.4 is 9.80 Å². The average Bonchev–Trinajstić information content (AvgIpc) is 3.18. The number of amides is 1. The van der Waals surface area contributed by atoms with Crippen molar-refractivity contribution in [3.8, 4) is 0 Å². The van der Waals surface area contributed by atoms with Gasteiger partial charge in [-0.15, -0.1) is 22.7 Å². The highest BCUT2D eigenvalue weighted by atomic mass is 32.1. The van der Waals surface area contributed by atoms with Crippen LogP contribution in [0.2, 0.25) is 0 Å². The normalized spacial score (nSPS) is 16.0. The highest BCUT2D eigenvalue weighted by Gasteiger charge is 2.20. The van der Waals surface area contributed by atoms with Gasteiger partial charge in [-0.25, -0.2) is 9.97 Å². The second kappa shape index (κ2) is 6.72. The molecule has 1 aliphatic rings. The van der Waals surface area contributed by atoms with Gasteiger partial charge in [-0.3, -0.25) is 14.6 Å². The summed E-state index contributed by atoms with van der Waals surface area (Å²) in [5, 5.41) is 5.94. The molecule has 0 bridgehead atoms. The summed E-state index contributed by atoms with van der Waals surface area (Å²) in [6, 6.07) is 0. The Hall–Kier alpha value is -1.51. The lowest BCUT2D eigenvalue weighted by Crippen LogP contribution is -2.46. The zero-order valence-corrected chi connectivity index (χ0v) is 14.4. The lowest BCUT2D eigenvalue weighted by molar-refractivity contribution is -0.116. The van der Waals surface area contributed by atoms with Crippen molar-refractivity contribution >= 4 is 38.8 Å². The molecule has 1 amide bonds. The van der Waals surface area contributed by atoms with Gasteiger partial charge in [0.2, 0.25) is 5.91 Å². The predicted octanol–water partition coefficient (Wildman–Crippen LogP) is 1.90. The molecule has 1 saturated heterocycles. The molecule has 1 fully saturated rings. The third kappa shape index (κ3) is 3.45. The van der Waals surface area contributed by atoms with Gasteiger partial charge in [-0.2, -0.15) is 0 Å². The molecule has 22 heavy (non-hydrogen) atoms. The lowest BCUT2D eigenvalue weighted by Gasteiger charge is -2.34. The minimum Gasteiger partial charge on any atom is -0.346 e. The number of thiazole rings is 2. The Morgan fingerprint density at radius 2 is 2.09 bits per heavy atom. The Bertz CT molecular complexity index is 619. The van der Waals surface area contributed by atoms with E-state index in [4.69, 9.17) is 0 Å². The quantitative estimate of drug-likeness (QED) is 0.853. The van der Waals surface area contributed by atoms with Crippen molar-refractivity contribution in [2.75, 3.05) is 43.0 Å². The van der Waals surface area contributed by atoms with E-state index in [-0.39, 0.29) is 5.91 Å². The molecular formula is C14H19N5OS2. The van der Waals surface area contributed by atoms with Crippen LogP contribution in [0.3, 0.4) is 0 Å². The van der Waals surface area contributed by atoms with Gasteiger partial charge in [0.1, 0.15) is 0 Å². The fraction of sp³-hybridized carbons (Fsp3) is 0.500. The lowest BCUT2D eigenvalue weighted by atomic mass is 10.3. The van der Waals surface area contributed by atoms with E-state index in [0.29, 0.717) is 0 Å². The molecule has 0 spiro atoms. The Morgan fingerprint density at radius 3 is 2.73 bits per heavy atom. The molecule has 0 aromatic carbocycles. The number of aromatic nitrogens is 2. The topological polar surface area (TPSA) is 52.6 Å². The van der Waals surface area contributed by atoms with Gasteiger partial charge in [-0.05, 0) is 0 Å². The number of carbonyl (C=O) groups is 1. The third-order valence-electron chi connectivity index (χ3n) is 3.75. The molecule has 2 aromatic rings. The molecule has 3 heterocycles. The molecule has 0 unspecified atom stereocenters. The van der Waals surface area contributed by atoms with E-state index in [1.807, 2.05) is 17.0 Å². The first-order valence-electron chi connectivity index (χ1n) is 7.19. The molecule has 0 N–H and O–H groups in total. The molecule has 6 nitrogen and oxygen atoms in total. The second-order valence-corrected chi connectivity index (χ2v) is 6.99. The van der Waals surface area contributed by atoms with Crippen molar-refractivity contribution in [2.45, 2.75) is 13.5 Å². The van der Waals surface area contributed by atoms with Crippen LogP contribution >= 0.6 is 22.7 Å². The van der Waals surface area contributed by atoms with E-state index in [1.165, 1.54) is 11.3 Å². The monoisotopic (exact) mass is 337 g/mol. The molecule has 118 valence electrons. The van der Waals surface area contributed by atoms with Gasteiger partial charge in [0.25, 0.3) is 0 Å². The van der Waals surface area contributed by atoms with E-state index in [0.717, 1.165) is 48.7 Å². The van der Waals surface area contributed by atoms with Crippen molar-refractivity contribution in [1.29, 1.82) is 0 Å². The first-order valence-corrected chi connectivity index (χ1v) is 8.95. The molecule has 0 atom stereocenters. The fourth-order valence-electron chi connectivity index (χ4n) is 2.36. The van der Waals surface area contributed by atoms with Crippen molar-refractivity contribution in [1.82, 2.24) is 14.9 Å². The van der Waals surface area contributed by atoms with Gasteiger partial charge in [0, 0.05) is 63.7 Å². The maximum absolute atomic E-state index is 11.4. The molecule has 3 rings (SSSR count). The number of anilines is 2. The summed E-state index contributed by atoms with van der Waals surface area (Å²) < 4.78 is 0. The molecule has 0 saturated carbocycles. The molecular weight excluding hydrogens is 318 g/mol. The zero-order valence-electron chi connectivity index (χ0n) is 12.7. The summed E-state index contributed by atoms with van der Waals surface area (Å²) in [5.41, 5.74) is 1.04. The first kappa shape index (κ1) is 15.4. The van der Waals surface area contributed by atoms with Crippen molar-refractivity contribution < 1.29 is 4.79 Å². The number of piperazine rings is 1. The number of rotatable bonds is 4. The molecule has 8 heteroatoms. The Kier molecular flexibility index (Phi) is 4.70. The number of hydrogen-bond acceptors (Lipinski definition) is 7. The Labute approximate surface area is 138 Å². The SMILES string of the molecule is CC(=O)N(C)c1nc(CN2CCN(c3nccs3)CC2)cs1. The molecule has 0 radical (unpaired) electrons. The standard InChI is InChI=1S/C14H19N5OS2/c1-11(20)17(2)14-16-12(10-22-14)9-18-4-6-19(7-5-18)13-15-3-8-21-13/h3,8,10H,4-7,9H2,1-2H3. The smallest absolute Gasteiger partial charge is 0.225 e. The van der Waals surface area contributed by atoms with Crippen LogP contribution in [0.4, 0.5) is 10.3 Å². The zero-order chi connectivity index (χ0) is 15.5. The highest BCUT2D eigenvalue weighted by Crippen LogP contribution is 2.22.